The molecule has 0 saturated carbocycles. The van der Waals surface area contributed by atoms with E-state index in [4.69, 9.17) is 4.52 Å². The second-order valence-corrected chi connectivity index (χ2v) is 3.73. The molecule has 6 nitrogen and oxygen atoms in total. The van der Waals surface area contributed by atoms with Crippen LogP contribution in [0.4, 0.5) is 10.5 Å². The Balaban J connectivity index is 1.72. The molecule has 94 valence electrons. The summed E-state index contributed by atoms with van der Waals surface area (Å²) < 4.78 is 4.83. The van der Waals surface area contributed by atoms with Crippen LogP contribution in [-0.4, -0.2) is 22.7 Å². The van der Waals surface area contributed by atoms with Crippen LogP contribution in [0.15, 0.2) is 34.9 Å². The SMILES string of the molecule is Cc1nc(CCNC(=O)Nc2ccccc2)no1. The lowest BCUT2D eigenvalue weighted by Crippen LogP contribution is -2.30. The highest BCUT2D eigenvalue weighted by molar-refractivity contribution is 5.89. The Morgan fingerprint density at radius 3 is 2.78 bits per heavy atom. The van der Waals surface area contributed by atoms with Gasteiger partial charge < -0.3 is 15.2 Å². The van der Waals surface area contributed by atoms with Crippen LogP contribution in [0.3, 0.4) is 0 Å². The minimum atomic E-state index is -0.249. The van der Waals surface area contributed by atoms with Gasteiger partial charge in [-0.3, -0.25) is 0 Å². The lowest BCUT2D eigenvalue weighted by Gasteiger charge is -2.05. The summed E-state index contributed by atoms with van der Waals surface area (Å²) in [5.41, 5.74) is 0.755. The standard InChI is InChI=1S/C12H14N4O2/c1-9-14-11(16-18-9)7-8-13-12(17)15-10-5-3-2-4-6-10/h2-6H,7-8H2,1H3,(H2,13,15,17). The number of para-hydroxylation sites is 1. The maximum atomic E-state index is 11.5. The quantitative estimate of drug-likeness (QED) is 0.861. The van der Waals surface area contributed by atoms with E-state index in [0.29, 0.717) is 24.7 Å². The number of amides is 2. The molecular weight excluding hydrogens is 232 g/mol. The van der Waals surface area contributed by atoms with Gasteiger partial charge in [-0.25, -0.2) is 4.79 Å². The summed E-state index contributed by atoms with van der Waals surface area (Å²) in [5.74, 6) is 1.12. The molecule has 2 amide bonds. The smallest absolute Gasteiger partial charge is 0.319 e. The highest BCUT2D eigenvalue weighted by Gasteiger charge is 2.04. The van der Waals surface area contributed by atoms with Gasteiger partial charge >= 0.3 is 6.03 Å². The van der Waals surface area contributed by atoms with Gasteiger partial charge in [-0.15, -0.1) is 0 Å². The number of hydrogen-bond donors (Lipinski definition) is 2. The van der Waals surface area contributed by atoms with Crippen molar-refractivity contribution in [3.8, 4) is 0 Å². The van der Waals surface area contributed by atoms with E-state index in [2.05, 4.69) is 20.8 Å². The molecule has 18 heavy (non-hydrogen) atoms. The zero-order chi connectivity index (χ0) is 12.8. The van der Waals surface area contributed by atoms with Gasteiger partial charge in [0.05, 0.1) is 0 Å². The Kier molecular flexibility index (Phi) is 3.90. The van der Waals surface area contributed by atoms with Crippen molar-refractivity contribution in [2.45, 2.75) is 13.3 Å². The van der Waals surface area contributed by atoms with E-state index in [1.54, 1.807) is 6.92 Å². The molecule has 0 saturated heterocycles. The number of nitrogens with one attached hydrogen (secondary N) is 2. The third-order valence-corrected chi connectivity index (χ3v) is 2.24. The van der Waals surface area contributed by atoms with Crippen molar-refractivity contribution < 1.29 is 9.32 Å². The summed E-state index contributed by atoms with van der Waals surface area (Å²) in [6.45, 7) is 2.18. The largest absolute Gasteiger partial charge is 0.340 e. The number of carbonyl (C=O) groups is 1. The predicted octanol–water partition coefficient (Wildman–Crippen LogP) is 1.74. The molecule has 0 radical (unpaired) electrons. The molecule has 0 aliphatic rings. The summed E-state index contributed by atoms with van der Waals surface area (Å²) in [6.07, 6.45) is 0.541. The van der Waals surface area contributed by atoms with Crippen LogP contribution in [0.5, 0.6) is 0 Å². The fourth-order valence-electron chi connectivity index (χ4n) is 1.43. The lowest BCUT2D eigenvalue weighted by molar-refractivity contribution is 0.252. The van der Waals surface area contributed by atoms with E-state index in [1.807, 2.05) is 30.3 Å². The van der Waals surface area contributed by atoms with Gasteiger partial charge in [0.25, 0.3) is 0 Å². The first-order valence-electron chi connectivity index (χ1n) is 5.63. The number of carbonyl (C=O) groups excluding carboxylic acids is 1. The molecule has 0 unspecified atom stereocenters. The van der Waals surface area contributed by atoms with Crippen LogP contribution in [0, 0.1) is 6.92 Å². The average Bonchev–Trinajstić information content (AvgIpc) is 2.76. The number of anilines is 1. The van der Waals surface area contributed by atoms with Crippen LogP contribution in [0.1, 0.15) is 11.7 Å². The summed E-state index contributed by atoms with van der Waals surface area (Å²) in [6, 6.07) is 9.00. The number of nitrogens with zero attached hydrogens (tertiary/aromatic N) is 2. The van der Waals surface area contributed by atoms with Crippen molar-refractivity contribution in [2.24, 2.45) is 0 Å². The lowest BCUT2D eigenvalue weighted by atomic mass is 10.3. The van der Waals surface area contributed by atoms with Crippen LogP contribution in [0.25, 0.3) is 0 Å². The first-order chi connectivity index (χ1) is 8.74. The normalized spacial score (nSPS) is 10.1. The Morgan fingerprint density at radius 1 is 1.33 bits per heavy atom. The van der Waals surface area contributed by atoms with Crippen LogP contribution < -0.4 is 10.6 Å². The van der Waals surface area contributed by atoms with Gasteiger partial charge in [-0.05, 0) is 12.1 Å². The first-order valence-corrected chi connectivity index (χ1v) is 5.63. The fourth-order valence-corrected chi connectivity index (χ4v) is 1.43. The molecule has 2 aromatic rings. The highest BCUT2D eigenvalue weighted by atomic mass is 16.5. The molecule has 0 aliphatic carbocycles. The summed E-state index contributed by atoms with van der Waals surface area (Å²) in [7, 11) is 0. The minimum absolute atomic E-state index is 0.249. The molecule has 1 aromatic carbocycles. The number of hydrogen-bond acceptors (Lipinski definition) is 4. The highest BCUT2D eigenvalue weighted by Crippen LogP contribution is 2.04. The van der Waals surface area contributed by atoms with Gasteiger partial charge in [0.15, 0.2) is 5.82 Å². The average molecular weight is 246 g/mol. The van der Waals surface area contributed by atoms with E-state index in [9.17, 15) is 4.79 Å². The van der Waals surface area contributed by atoms with E-state index < -0.39 is 0 Å². The zero-order valence-corrected chi connectivity index (χ0v) is 10.0. The Labute approximate surface area is 104 Å². The number of rotatable bonds is 4. The van der Waals surface area contributed by atoms with Crippen molar-refractivity contribution in [3.63, 3.8) is 0 Å². The van der Waals surface area contributed by atoms with Gasteiger partial charge in [0, 0.05) is 25.6 Å². The Hall–Kier alpha value is -2.37. The van der Waals surface area contributed by atoms with Crippen molar-refractivity contribution in [3.05, 3.63) is 42.0 Å². The van der Waals surface area contributed by atoms with E-state index in [-0.39, 0.29) is 6.03 Å². The van der Waals surface area contributed by atoms with Crippen molar-refractivity contribution in [1.82, 2.24) is 15.5 Å². The van der Waals surface area contributed by atoms with E-state index in [0.717, 1.165) is 5.69 Å². The number of urea groups is 1. The molecule has 1 aromatic heterocycles. The van der Waals surface area contributed by atoms with Crippen LogP contribution in [0.2, 0.25) is 0 Å². The van der Waals surface area contributed by atoms with Crippen LogP contribution in [-0.2, 0) is 6.42 Å². The number of aromatic nitrogens is 2. The molecule has 1 heterocycles. The van der Waals surface area contributed by atoms with Crippen molar-refractivity contribution in [1.29, 1.82) is 0 Å². The maximum Gasteiger partial charge on any atom is 0.319 e. The van der Waals surface area contributed by atoms with Crippen molar-refractivity contribution in [2.75, 3.05) is 11.9 Å². The molecule has 0 spiro atoms. The molecule has 0 fully saturated rings. The van der Waals surface area contributed by atoms with Gasteiger partial charge in [0.2, 0.25) is 5.89 Å². The van der Waals surface area contributed by atoms with Gasteiger partial charge in [-0.2, -0.15) is 4.98 Å². The number of benzene rings is 1. The molecule has 6 heteroatoms. The third kappa shape index (κ3) is 3.58. The molecule has 0 aliphatic heterocycles. The van der Waals surface area contributed by atoms with E-state index >= 15 is 0 Å². The molecule has 2 rings (SSSR count). The molecule has 0 bridgehead atoms. The summed E-state index contributed by atoms with van der Waals surface area (Å²) in [4.78, 5) is 15.6. The molecular formula is C12H14N4O2. The molecule has 0 atom stereocenters. The predicted molar refractivity (Wildman–Crippen MR) is 66.2 cm³/mol. The van der Waals surface area contributed by atoms with E-state index in [1.165, 1.54) is 0 Å². The second-order valence-electron chi connectivity index (χ2n) is 3.73. The zero-order valence-electron chi connectivity index (χ0n) is 10.0. The third-order valence-electron chi connectivity index (χ3n) is 2.24. The Bertz CT molecular complexity index is 510. The topological polar surface area (TPSA) is 80.0 Å². The second kappa shape index (κ2) is 5.81. The minimum Gasteiger partial charge on any atom is -0.340 e. The van der Waals surface area contributed by atoms with Crippen LogP contribution >= 0.6 is 0 Å². The Morgan fingerprint density at radius 2 is 2.11 bits per heavy atom. The van der Waals surface area contributed by atoms with Crippen molar-refractivity contribution >= 4 is 11.7 Å². The molecule has 2 N–H and O–H groups in total. The monoisotopic (exact) mass is 246 g/mol. The number of aryl methyl sites for hydroxylation is 1. The summed E-state index contributed by atoms with van der Waals surface area (Å²) >= 11 is 0. The summed E-state index contributed by atoms with van der Waals surface area (Å²) in [5, 5.41) is 9.18. The fraction of sp³-hybridized carbons (Fsp3) is 0.250. The van der Waals surface area contributed by atoms with Gasteiger partial charge in [0.1, 0.15) is 0 Å². The maximum absolute atomic E-state index is 11.5. The van der Waals surface area contributed by atoms with Gasteiger partial charge in [-0.1, -0.05) is 23.4 Å². The first kappa shape index (κ1) is 12.1.